The quantitative estimate of drug-likeness (QED) is 0.633. The highest BCUT2D eigenvalue weighted by Crippen LogP contribution is 2.39. The van der Waals surface area contributed by atoms with Crippen LogP contribution in [0, 0.1) is 0 Å². The Kier molecular flexibility index (Phi) is 5.96. The molecule has 0 aliphatic heterocycles. The van der Waals surface area contributed by atoms with Crippen molar-refractivity contribution in [3.05, 3.63) is 78.6 Å². The molecule has 1 N–H and O–H groups in total. The van der Waals surface area contributed by atoms with E-state index >= 15 is 0 Å². The maximum Gasteiger partial charge on any atom is 0.147 e. The predicted molar refractivity (Wildman–Crippen MR) is 114 cm³/mol. The largest absolute Gasteiger partial charge is 0.497 e. The second-order valence-corrected chi connectivity index (χ2v) is 7.32. The molecule has 3 aromatic rings. The molecular formula is C24H26N2O3. The van der Waals surface area contributed by atoms with Crippen molar-refractivity contribution in [2.45, 2.75) is 38.0 Å². The van der Waals surface area contributed by atoms with Crippen molar-refractivity contribution < 1.29 is 14.6 Å². The molecule has 0 amide bonds. The minimum atomic E-state index is -0.283. The molecule has 29 heavy (non-hydrogen) atoms. The van der Waals surface area contributed by atoms with E-state index in [2.05, 4.69) is 28.1 Å². The fraction of sp³-hybridized carbons (Fsp3) is 0.292. The Morgan fingerprint density at radius 2 is 1.93 bits per heavy atom. The van der Waals surface area contributed by atoms with Gasteiger partial charge in [-0.1, -0.05) is 24.3 Å². The van der Waals surface area contributed by atoms with Gasteiger partial charge >= 0.3 is 0 Å². The molecule has 1 fully saturated rings. The molecule has 2 aromatic carbocycles. The fourth-order valence-corrected chi connectivity index (χ4v) is 3.74. The number of methoxy groups -OCH3 is 1. The van der Waals surface area contributed by atoms with E-state index in [1.165, 1.54) is 0 Å². The zero-order chi connectivity index (χ0) is 20.1. The summed E-state index contributed by atoms with van der Waals surface area (Å²) < 4.78 is 11.8. The van der Waals surface area contributed by atoms with Crippen molar-refractivity contribution in [3.8, 4) is 11.5 Å². The summed E-state index contributed by atoms with van der Waals surface area (Å²) >= 11 is 0. The van der Waals surface area contributed by atoms with E-state index in [4.69, 9.17) is 9.47 Å². The number of hydrogen-bond acceptors (Lipinski definition) is 5. The van der Waals surface area contributed by atoms with Crippen molar-refractivity contribution in [2.75, 3.05) is 12.0 Å². The summed E-state index contributed by atoms with van der Waals surface area (Å²) in [6.45, 7) is 0.661. The van der Waals surface area contributed by atoms with Crippen LogP contribution in [0.1, 0.15) is 24.8 Å². The van der Waals surface area contributed by atoms with E-state index in [1.54, 1.807) is 13.3 Å². The molecule has 4 rings (SSSR count). The first kappa shape index (κ1) is 19.3. The van der Waals surface area contributed by atoms with Gasteiger partial charge in [0.05, 0.1) is 18.9 Å². The summed E-state index contributed by atoms with van der Waals surface area (Å²) in [5, 5.41) is 9.91. The first-order valence-corrected chi connectivity index (χ1v) is 9.97. The monoisotopic (exact) mass is 390 g/mol. The fourth-order valence-electron chi connectivity index (χ4n) is 3.74. The minimum absolute atomic E-state index is 0.00636. The molecule has 1 aliphatic carbocycles. The van der Waals surface area contributed by atoms with Crippen molar-refractivity contribution in [3.63, 3.8) is 0 Å². The molecule has 1 heterocycles. The van der Waals surface area contributed by atoms with E-state index in [1.807, 2.05) is 48.7 Å². The number of rotatable bonds is 7. The Hall–Kier alpha value is -3.05. The van der Waals surface area contributed by atoms with Gasteiger partial charge in [-0.15, -0.1) is 0 Å². The van der Waals surface area contributed by atoms with Gasteiger partial charge in [-0.2, -0.15) is 0 Å². The van der Waals surface area contributed by atoms with Crippen LogP contribution in [0.3, 0.4) is 0 Å². The van der Waals surface area contributed by atoms with Gasteiger partial charge in [-0.25, -0.2) is 0 Å². The maximum atomic E-state index is 9.91. The second-order valence-electron chi connectivity index (χ2n) is 7.32. The number of aliphatic hydroxyl groups is 1. The number of ether oxygens (including phenoxy) is 2. The van der Waals surface area contributed by atoms with E-state index in [0.29, 0.717) is 13.0 Å². The number of para-hydroxylation sites is 1. The standard InChI is InChI=1S/C24H26N2O3/c1-28-21-11-12-23(24(15-21)29-22-10-9-20(27)14-22)26(19-7-3-2-4-8-19)17-18-6-5-13-25-16-18/h2-8,11-13,15-16,20,22,27H,9-10,14,17H2,1H3. The summed E-state index contributed by atoms with van der Waals surface area (Å²) in [6, 6.07) is 20.2. The summed E-state index contributed by atoms with van der Waals surface area (Å²) in [7, 11) is 1.66. The van der Waals surface area contributed by atoms with Gasteiger partial charge < -0.3 is 19.5 Å². The van der Waals surface area contributed by atoms with Crippen molar-refractivity contribution in [2.24, 2.45) is 0 Å². The number of anilines is 2. The minimum Gasteiger partial charge on any atom is -0.497 e. The Labute approximate surface area is 171 Å². The lowest BCUT2D eigenvalue weighted by molar-refractivity contribution is 0.150. The lowest BCUT2D eigenvalue weighted by Gasteiger charge is -2.28. The molecule has 0 bridgehead atoms. The van der Waals surface area contributed by atoms with Crippen LogP contribution in [-0.2, 0) is 6.54 Å². The molecule has 0 radical (unpaired) electrons. The Morgan fingerprint density at radius 3 is 2.62 bits per heavy atom. The van der Waals surface area contributed by atoms with Gasteiger partial charge in [0.25, 0.3) is 0 Å². The summed E-state index contributed by atoms with van der Waals surface area (Å²) in [6.07, 6.45) is 5.68. The molecule has 1 saturated carbocycles. The summed E-state index contributed by atoms with van der Waals surface area (Å²) in [5.74, 6) is 1.51. The molecule has 1 aliphatic rings. The lowest BCUT2D eigenvalue weighted by Crippen LogP contribution is -2.20. The van der Waals surface area contributed by atoms with E-state index in [9.17, 15) is 5.11 Å². The zero-order valence-electron chi connectivity index (χ0n) is 16.6. The molecule has 5 nitrogen and oxygen atoms in total. The van der Waals surface area contributed by atoms with Crippen LogP contribution >= 0.6 is 0 Å². The van der Waals surface area contributed by atoms with E-state index in [0.717, 1.165) is 41.3 Å². The van der Waals surface area contributed by atoms with Gasteiger partial charge in [0, 0.05) is 37.1 Å². The highest BCUT2D eigenvalue weighted by atomic mass is 16.5. The molecule has 150 valence electrons. The van der Waals surface area contributed by atoms with Crippen molar-refractivity contribution in [1.29, 1.82) is 0 Å². The average molecular weight is 390 g/mol. The predicted octanol–water partition coefficient (Wildman–Crippen LogP) is 4.72. The molecule has 2 unspecified atom stereocenters. The SMILES string of the molecule is COc1ccc(N(Cc2cccnc2)c2ccccc2)c(OC2CCC(O)C2)c1. The Bertz CT molecular complexity index is 918. The third kappa shape index (κ3) is 4.69. The number of hydrogen-bond donors (Lipinski definition) is 1. The first-order valence-electron chi connectivity index (χ1n) is 9.97. The van der Waals surface area contributed by atoms with Gasteiger partial charge in [-0.05, 0) is 48.7 Å². The molecule has 2 atom stereocenters. The number of aliphatic hydroxyl groups excluding tert-OH is 1. The highest BCUT2D eigenvalue weighted by Gasteiger charge is 2.26. The van der Waals surface area contributed by atoms with Crippen LogP contribution in [0.4, 0.5) is 11.4 Å². The number of nitrogens with zero attached hydrogens (tertiary/aromatic N) is 2. The molecular weight excluding hydrogens is 364 g/mol. The van der Waals surface area contributed by atoms with Gasteiger partial charge in [-0.3, -0.25) is 4.98 Å². The Balaban J connectivity index is 1.72. The van der Waals surface area contributed by atoms with Crippen LogP contribution in [0.25, 0.3) is 0 Å². The van der Waals surface area contributed by atoms with Crippen LogP contribution in [0.2, 0.25) is 0 Å². The number of aromatic nitrogens is 1. The topological polar surface area (TPSA) is 54.8 Å². The molecule has 0 spiro atoms. The number of benzene rings is 2. The maximum absolute atomic E-state index is 9.91. The molecule has 1 aromatic heterocycles. The summed E-state index contributed by atoms with van der Waals surface area (Å²) in [5.41, 5.74) is 3.13. The van der Waals surface area contributed by atoms with Crippen LogP contribution in [-0.4, -0.2) is 29.4 Å². The number of pyridine rings is 1. The lowest BCUT2D eigenvalue weighted by atomic mass is 10.1. The van der Waals surface area contributed by atoms with Crippen LogP contribution in [0.15, 0.2) is 73.1 Å². The second kappa shape index (κ2) is 8.97. The average Bonchev–Trinajstić information content (AvgIpc) is 3.18. The van der Waals surface area contributed by atoms with E-state index in [-0.39, 0.29) is 12.2 Å². The summed E-state index contributed by atoms with van der Waals surface area (Å²) in [4.78, 5) is 6.48. The van der Waals surface area contributed by atoms with Crippen molar-refractivity contribution in [1.82, 2.24) is 4.98 Å². The molecule has 0 saturated heterocycles. The van der Waals surface area contributed by atoms with Gasteiger partial charge in [0.1, 0.15) is 17.6 Å². The third-order valence-electron chi connectivity index (χ3n) is 5.24. The van der Waals surface area contributed by atoms with E-state index < -0.39 is 0 Å². The first-order chi connectivity index (χ1) is 14.2. The normalized spacial score (nSPS) is 18.4. The third-order valence-corrected chi connectivity index (χ3v) is 5.24. The highest BCUT2D eigenvalue weighted by molar-refractivity contribution is 5.70. The zero-order valence-corrected chi connectivity index (χ0v) is 16.6. The van der Waals surface area contributed by atoms with Crippen molar-refractivity contribution >= 4 is 11.4 Å². The van der Waals surface area contributed by atoms with Crippen LogP contribution in [0.5, 0.6) is 11.5 Å². The smallest absolute Gasteiger partial charge is 0.147 e. The van der Waals surface area contributed by atoms with Gasteiger partial charge in [0.2, 0.25) is 0 Å². The van der Waals surface area contributed by atoms with Gasteiger partial charge in [0.15, 0.2) is 0 Å². The van der Waals surface area contributed by atoms with Crippen LogP contribution < -0.4 is 14.4 Å². The molecule has 5 heteroatoms. The Morgan fingerprint density at radius 1 is 1.07 bits per heavy atom.